The van der Waals surface area contributed by atoms with E-state index in [1.54, 1.807) is 0 Å². The van der Waals surface area contributed by atoms with Crippen molar-refractivity contribution in [1.82, 2.24) is 5.16 Å². The molecule has 0 aliphatic rings. The van der Waals surface area contributed by atoms with Crippen molar-refractivity contribution in [3.05, 3.63) is 41.1 Å². The lowest BCUT2D eigenvalue weighted by Gasteiger charge is -2.00. The Morgan fingerprint density at radius 3 is 2.44 bits per heavy atom. The highest BCUT2D eigenvalue weighted by atomic mass is 16.5. The maximum atomic E-state index is 5.57. The smallest absolute Gasteiger partial charge is 0.170 e. The zero-order valence-corrected chi connectivity index (χ0v) is 9.66. The van der Waals surface area contributed by atoms with Crippen LogP contribution < -0.4 is 5.73 Å². The molecule has 0 saturated heterocycles. The first-order valence-electron chi connectivity index (χ1n) is 5.50. The van der Waals surface area contributed by atoms with Crippen molar-refractivity contribution in [2.45, 2.75) is 26.8 Å². The van der Waals surface area contributed by atoms with Crippen LogP contribution in [-0.2, 0) is 13.0 Å². The summed E-state index contributed by atoms with van der Waals surface area (Å²) in [7, 11) is 0. The molecule has 3 heteroatoms. The third kappa shape index (κ3) is 1.86. The van der Waals surface area contributed by atoms with E-state index in [2.05, 4.69) is 36.3 Å². The van der Waals surface area contributed by atoms with E-state index in [1.807, 2.05) is 6.92 Å². The molecular formula is C13H16N2O. The Kier molecular flexibility index (Phi) is 3.06. The van der Waals surface area contributed by atoms with Gasteiger partial charge in [0.25, 0.3) is 0 Å². The second-order valence-electron chi connectivity index (χ2n) is 3.84. The molecule has 2 N–H and O–H groups in total. The molecule has 1 aromatic heterocycles. The van der Waals surface area contributed by atoms with Gasteiger partial charge in [-0.2, -0.15) is 0 Å². The van der Waals surface area contributed by atoms with Gasteiger partial charge in [0.1, 0.15) is 5.69 Å². The van der Waals surface area contributed by atoms with Crippen molar-refractivity contribution in [2.24, 2.45) is 5.73 Å². The third-order valence-corrected chi connectivity index (χ3v) is 2.84. The Balaban J connectivity index is 2.38. The highest BCUT2D eigenvalue weighted by Crippen LogP contribution is 2.25. The molecular weight excluding hydrogens is 200 g/mol. The van der Waals surface area contributed by atoms with E-state index in [0.717, 1.165) is 29.0 Å². The van der Waals surface area contributed by atoms with Crippen molar-refractivity contribution in [1.29, 1.82) is 0 Å². The average molecular weight is 216 g/mol. The van der Waals surface area contributed by atoms with E-state index in [-0.39, 0.29) is 0 Å². The zero-order valence-electron chi connectivity index (χ0n) is 9.66. The van der Waals surface area contributed by atoms with Crippen LogP contribution in [0.1, 0.15) is 23.7 Å². The highest BCUT2D eigenvalue weighted by molar-refractivity contribution is 5.61. The molecule has 2 aromatic rings. The number of nitrogens with two attached hydrogens (primary N) is 1. The SMILES string of the molecule is CCc1ccc(-c2onc(CN)c2C)cc1. The number of hydrogen-bond donors (Lipinski definition) is 1. The zero-order chi connectivity index (χ0) is 11.5. The molecule has 0 aliphatic carbocycles. The van der Waals surface area contributed by atoms with Crippen molar-refractivity contribution < 1.29 is 4.52 Å². The van der Waals surface area contributed by atoms with E-state index in [0.29, 0.717) is 6.54 Å². The molecule has 0 amide bonds. The molecule has 3 nitrogen and oxygen atoms in total. The third-order valence-electron chi connectivity index (χ3n) is 2.84. The van der Waals surface area contributed by atoms with Crippen molar-refractivity contribution in [3.8, 4) is 11.3 Å². The largest absolute Gasteiger partial charge is 0.356 e. The number of aryl methyl sites for hydroxylation is 1. The molecule has 0 saturated carbocycles. The fraction of sp³-hybridized carbons (Fsp3) is 0.308. The lowest BCUT2D eigenvalue weighted by Crippen LogP contribution is -1.97. The van der Waals surface area contributed by atoms with Gasteiger partial charge in [-0.25, -0.2) is 0 Å². The number of rotatable bonds is 3. The molecule has 2 rings (SSSR count). The number of benzene rings is 1. The summed E-state index contributed by atoms with van der Waals surface area (Å²) in [5.41, 5.74) is 9.80. The number of hydrogen-bond acceptors (Lipinski definition) is 3. The first-order valence-corrected chi connectivity index (χ1v) is 5.50. The Morgan fingerprint density at radius 2 is 1.94 bits per heavy atom. The summed E-state index contributed by atoms with van der Waals surface area (Å²) in [5, 5.41) is 3.95. The van der Waals surface area contributed by atoms with Crippen LogP contribution in [0.15, 0.2) is 28.8 Å². The van der Waals surface area contributed by atoms with Crippen LogP contribution in [0.2, 0.25) is 0 Å². The summed E-state index contributed by atoms with van der Waals surface area (Å²) in [6, 6.07) is 8.35. The van der Waals surface area contributed by atoms with Crippen LogP contribution in [0.3, 0.4) is 0 Å². The van der Waals surface area contributed by atoms with Gasteiger partial charge in [-0.3, -0.25) is 0 Å². The summed E-state index contributed by atoms with van der Waals surface area (Å²) >= 11 is 0. The molecule has 0 radical (unpaired) electrons. The van der Waals surface area contributed by atoms with Gasteiger partial charge in [0.2, 0.25) is 0 Å². The normalized spacial score (nSPS) is 10.7. The second-order valence-corrected chi connectivity index (χ2v) is 3.84. The minimum atomic E-state index is 0.419. The van der Waals surface area contributed by atoms with Gasteiger partial charge in [-0.05, 0) is 18.9 Å². The van der Waals surface area contributed by atoms with Gasteiger partial charge in [0, 0.05) is 17.7 Å². The molecule has 84 valence electrons. The fourth-order valence-corrected chi connectivity index (χ4v) is 1.72. The maximum absolute atomic E-state index is 5.57. The van der Waals surface area contributed by atoms with Gasteiger partial charge < -0.3 is 10.3 Å². The summed E-state index contributed by atoms with van der Waals surface area (Å²) in [6.07, 6.45) is 1.05. The maximum Gasteiger partial charge on any atom is 0.170 e. The minimum absolute atomic E-state index is 0.419. The lowest BCUT2D eigenvalue weighted by atomic mass is 10.1. The summed E-state index contributed by atoms with van der Waals surface area (Å²) in [5.74, 6) is 0.822. The summed E-state index contributed by atoms with van der Waals surface area (Å²) < 4.78 is 5.32. The van der Waals surface area contributed by atoms with Crippen LogP contribution in [0.5, 0.6) is 0 Å². The Bertz CT molecular complexity index is 471. The standard InChI is InChI=1S/C13H16N2O/c1-3-10-4-6-11(7-5-10)13-9(2)12(8-14)15-16-13/h4-7H,3,8,14H2,1-2H3. The van der Waals surface area contributed by atoms with Crippen LogP contribution in [-0.4, -0.2) is 5.16 Å². The molecule has 0 fully saturated rings. The van der Waals surface area contributed by atoms with Gasteiger partial charge in [-0.15, -0.1) is 0 Å². The van der Waals surface area contributed by atoms with E-state index < -0.39 is 0 Å². The second kappa shape index (κ2) is 4.49. The van der Waals surface area contributed by atoms with E-state index in [1.165, 1.54) is 5.56 Å². The van der Waals surface area contributed by atoms with E-state index in [9.17, 15) is 0 Å². The van der Waals surface area contributed by atoms with Crippen LogP contribution in [0.25, 0.3) is 11.3 Å². The Morgan fingerprint density at radius 1 is 1.25 bits per heavy atom. The average Bonchev–Trinajstić information content (AvgIpc) is 2.70. The summed E-state index contributed by atoms with van der Waals surface area (Å²) in [6.45, 7) is 4.55. The van der Waals surface area contributed by atoms with E-state index >= 15 is 0 Å². The fourth-order valence-electron chi connectivity index (χ4n) is 1.72. The predicted octanol–water partition coefficient (Wildman–Crippen LogP) is 2.67. The molecule has 0 unspecified atom stereocenters. The quantitative estimate of drug-likeness (QED) is 0.858. The van der Waals surface area contributed by atoms with Gasteiger partial charge in [0.15, 0.2) is 5.76 Å². The molecule has 0 spiro atoms. The van der Waals surface area contributed by atoms with Crippen LogP contribution >= 0.6 is 0 Å². The monoisotopic (exact) mass is 216 g/mol. The van der Waals surface area contributed by atoms with Gasteiger partial charge in [0.05, 0.1) is 0 Å². The Hall–Kier alpha value is -1.61. The van der Waals surface area contributed by atoms with Crippen molar-refractivity contribution >= 4 is 0 Å². The topological polar surface area (TPSA) is 52.0 Å². The van der Waals surface area contributed by atoms with Crippen molar-refractivity contribution in [2.75, 3.05) is 0 Å². The lowest BCUT2D eigenvalue weighted by molar-refractivity contribution is 0.423. The van der Waals surface area contributed by atoms with Crippen LogP contribution in [0, 0.1) is 6.92 Å². The molecule has 0 bridgehead atoms. The highest BCUT2D eigenvalue weighted by Gasteiger charge is 2.11. The minimum Gasteiger partial charge on any atom is -0.356 e. The molecule has 1 heterocycles. The van der Waals surface area contributed by atoms with Crippen LogP contribution in [0.4, 0.5) is 0 Å². The van der Waals surface area contributed by atoms with Crippen molar-refractivity contribution in [3.63, 3.8) is 0 Å². The number of nitrogens with zero attached hydrogens (tertiary/aromatic N) is 1. The number of aromatic nitrogens is 1. The van der Waals surface area contributed by atoms with Gasteiger partial charge >= 0.3 is 0 Å². The summed E-state index contributed by atoms with van der Waals surface area (Å²) in [4.78, 5) is 0. The molecule has 0 atom stereocenters. The first-order chi connectivity index (χ1) is 7.76. The Labute approximate surface area is 95.3 Å². The predicted molar refractivity (Wildman–Crippen MR) is 63.9 cm³/mol. The van der Waals surface area contributed by atoms with Gasteiger partial charge in [-0.1, -0.05) is 36.3 Å². The van der Waals surface area contributed by atoms with E-state index in [4.69, 9.17) is 10.3 Å². The molecule has 0 aliphatic heterocycles. The first kappa shape index (κ1) is 10.9. The molecule has 1 aromatic carbocycles. The molecule has 16 heavy (non-hydrogen) atoms.